The minimum atomic E-state index is 0.189. The van der Waals surface area contributed by atoms with Crippen LogP contribution in [0.3, 0.4) is 0 Å². The molecule has 1 nitrogen and oxygen atoms in total. The van der Waals surface area contributed by atoms with Crippen molar-refractivity contribution in [3.63, 3.8) is 0 Å². The maximum absolute atomic E-state index is 5.48. The maximum atomic E-state index is 5.48. The van der Waals surface area contributed by atoms with Crippen molar-refractivity contribution in [2.24, 2.45) is 0 Å². The molecular weight excluding hydrogens is 124 g/mol. The molecule has 1 rings (SSSR count). The molecule has 0 saturated carbocycles. The third kappa shape index (κ3) is 1.48. The zero-order valence-corrected chi connectivity index (χ0v) is 6.68. The molecule has 1 atom stereocenters. The van der Waals surface area contributed by atoms with Gasteiger partial charge in [0.05, 0.1) is 12.7 Å². The highest BCUT2D eigenvalue weighted by Gasteiger charge is 2.14. The van der Waals surface area contributed by atoms with Crippen LogP contribution in [0.1, 0.15) is 20.3 Å². The van der Waals surface area contributed by atoms with Gasteiger partial charge in [0.2, 0.25) is 0 Å². The highest BCUT2D eigenvalue weighted by Crippen LogP contribution is 2.18. The molecule has 0 aromatic heterocycles. The summed E-state index contributed by atoms with van der Waals surface area (Å²) in [6.07, 6.45) is 3.46. The van der Waals surface area contributed by atoms with Gasteiger partial charge < -0.3 is 4.74 Å². The van der Waals surface area contributed by atoms with Crippen molar-refractivity contribution in [3.8, 4) is 0 Å². The molecular formula is C9H14O. The molecule has 0 amide bonds. The molecule has 0 aromatic carbocycles. The number of ether oxygens (including phenoxy) is 1. The predicted octanol–water partition coefficient (Wildman–Crippen LogP) is 2.30. The Labute approximate surface area is 62.4 Å². The van der Waals surface area contributed by atoms with Gasteiger partial charge in [0.25, 0.3) is 0 Å². The summed E-state index contributed by atoms with van der Waals surface area (Å²) in [6.45, 7) is 8.81. The van der Waals surface area contributed by atoms with Crippen molar-refractivity contribution in [1.82, 2.24) is 0 Å². The van der Waals surface area contributed by atoms with Crippen LogP contribution in [0.2, 0.25) is 0 Å². The highest BCUT2D eigenvalue weighted by atomic mass is 16.5. The molecule has 0 fully saturated rings. The van der Waals surface area contributed by atoms with E-state index in [9.17, 15) is 0 Å². The molecule has 1 heteroatoms. The van der Waals surface area contributed by atoms with E-state index in [4.69, 9.17) is 4.74 Å². The van der Waals surface area contributed by atoms with Crippen LogP contribution in [0.25, 0.3) is 0 Å². The first-order valence-corrected chi connectivity index (χ1v) is 3.65. The molecule has 1 aliphatic heterocycles. The molecule has 0 saturated heterocycles. The van der Waals surface area contributed by atoms with Crippen LogP contribution in [0.4, 0.5) is 0 Å². The van der Waals surface area contributed by atoms with Crippen molar-refractivity contribution in [2.45, 2.75) is 26.4 Å². The van der Waals surface area contributed by atoms with Crippen molar-refractivity contribution in [2.75, 3.05) is 6.61 Å². The fraction of sp³-hybridized carbons (Fsp3) is 0.556. The number of rotatable bonds is 1. The fourth-order valence-corrected chi connectivity index (χ4v) is 1.24. The summed E-state index contributed by atoms with van der Waals surface area (Å²) < 4.78 is 5.48. The third-order valence-corrected chi connectivity index (χ3v) is 1.73. The molecule has 0 aliphatic carbocycles. The molecule has 0 bridgehead atoms. The average Bonchev–Trinajstić information content (AvgIpc) is 1.88. The second-order valence-electron chi connectivity index (χ2n) is 2.83. The van der Waals surface area contributed by atoms with E-state index in [1.54, 1.807) is 0 Å². The summed E-state index contributed by atoms with van der Waals surface area (Å²) in [5, 5.41) is 0. The summed E-state index contributed by atoms with van der Waals surface area (Å²) in [4.78, 5) is 0. The van der Waals surface area contributed by atoms with Crippen molar-refractivity contribution in [1.29, 1.82) is 0 Å². The molecule has 0 spiro atoms. The Morgan fingerprint density at radius 1 is 1.80 bits per heavy atom. The van der Waals surface area contributed by atoms with Gasteiger partial charge in [-0.3, -0.25) is 0 Å². The van der Waals surface area contributed by atoms with Crippen LogP contribution in [0, 0.1) is 0 Å². The predicted molar refractivity (Wildman–Crippen MR) is 42.9 cm³/mol. The molecule has 56 valence electrons. The van der Waals surface area contributed by atoms with E-state index in [1.165, 1.54) is 5.57 Å². The Morgan fingerprint density at radius 2 is 2.50 bits per heavy atom. The van der Waals surface area contributed by atoms with Crippen LogP contribution in [0.5, 0.6) is 0 Å². The van der Waals surface area contributed by atoms with E-state index in [-0.39, 0.29) is 6.10 Å². The van der Waals surface area contributed by atoms with Crippen LogP contribution < -0.4 is 0 Å². The lowest BCUT2D eigenvalue weighted by atomic mass is 10.0. The van der Waals surface area contributed by atoms with Crippen LogP contribution >= 0.6 is 0 Å². The summed E-state index contributed by atoms with van der Waals surface area (Å²) in [7, 11) is 0. The maximum Gasteiger partial charge on any atom is 0.0988 e. The molecule has 0 aromatic rings. The zero-order valence-electron chi connectivity index (χ0n) is 6.68. The molecule has 1 heterocycles. The summed E-state index contributed by atoms with van der Waals surface area (Å²) in [5.41, 5.74) is 2.41. The first-order valence-electron chi connectivity index (χ1n) is 3.65. The van der Waals surface area contributed by atoms with E-state index < -0.39 is 0 Å². The zero-order chi connectivity index (χ0) is 7.56. The summed E-state index contributed by atoms with van der Waals surface area (Å²) in [5.74, 6) is 0. The summed E-state index contributed by atoms with van der Waals surface area (Å²) >= 11 is 0. The first kappa shape index (κ1) is 7.55. The number of hydrogen-bond donors (Lipinski definition) is 0. The second-order valence-corrected chi connectivity index (χ2v) is 2.83. The van der Waals surface area contributed by atoms with Crippen molar-refractivity contribution < 1.29 is 4.74 Å². The second kappa shape index (κ2) is 3.02. The lowest BCUT2D eigenvalue weighted by molar-refractivity contribution is 0.0944. The third-order valence-electron chi connectivity index (χ3n) is 1.73. The summed E-state index contributed by atoms with van der Waals surface area (Å²) in [6, 6.07) is 0. The van der Waals surface area contributed by atoms with Gasteiger partial charge in [-0.2, -0.15) is 0 Å². The Kier molecular flexibility index (Phi) is 2.28. The Bertz CT molecular complexity index is 168. The van der Waals surface area contributed by atoms with Gasteiger partial charge in [0, 0.05) is 0 Å². The van der Waals surface area contributed by atoms with E-state index >= 15 is 0 Å². The van der Waals surface area contributed by atoms with Gasteiger partial charge in [-0.25, -0.2) is 0 Å². The monoisotopic (exact) mass is 138 g/mol. The minimum Gasteiger partial charge on any atom is -0.369 e. The van der Waals surface area contributed by atoms with Gasteiger partial charge in [0.1, 0.15) is 0 Å². The van der Waals surface area contributed by atoms with E-state index in [0.29, 0.717) is 0 Å². The standard InChI is InChI=1S/C9H14O/c1-7(2)9-8(3)5-4-6-10-9/h5,9H,1,4,6H2,2-3H3/t9-/m1/s1. The minimum absolute atomic E-state index is 0.189. The fourth-order valence-electron chi connectivity index (χ4n) is 1.24. The molecule has 0 unspecified atom stereocenters. The lowest BCUT2D eigenvalue weighted by Gasteiger charge is -2.22. The van der Waals surface area contributed by atoms with Crippen LogP contribution in [0.15, 0.2) is 23.8 Å². The van der Waals surface area contributed by atoms with E-state index in [1.807, 2.05) is 6.92 Å². The normalized spacial score (nSPS) is 25.8. The lowest BCUT2D eigenvalue weighted by Crippen LogP contribution is -2.19. The molecule has 0 radical (unpaired) electrons. The highest BCUT2D eigenvalue weighted by molar-refractivity contribution is 5.19. The Morgan fingerprint density at radius 3 is 2.90 bits per heavy atom. The number of hydrogen-bond acceptors (Lipinski definition) is 1. The molecule has 10 heavy (non-hydrogen) atoms. The van der Waals surface area contributed by atoms with Crippen molar-refractivity contribution in [3.05, 3.63) is 23.8 Å². The SMILES string of the molecule is C=C(C)[C@H]1OCCC=C1C. The van der Waals surface area contributed by atoms with E-state index in [0.717, 1.165) is 18.6 Å². The van der Waals surface area contributed by atoms with Gasteiger partial charge in [-0.15, -0.1) is 0 Å². The van der Waals surface area contributed by atoms with Crippen LogP contribution in [-0.2, 0) is 4.74 Å². The van der Waals surface area contributed by atoms with Crippen LogP contribution in [-0.4, -0.2) is 12.7 Å². The topological polar surface area (TPSA) is 9.23 Å². The van der Waals surface area contributed by atoms with E-state index in [2.05, 4.69) is 19.6 Å². The average molecular weight is 138 g/mol. The smallest absolute Gasteiger partial charge is 0.0988 e. The first-order chi connectivity index (χ1) is 4.72. The van der Waals surface area contributed by atoms with Gasteiger partial charge >= 0.3 is 0 Å². The van der Waals surface area contributed by atoms with Gasteiger partial charge in [-0.1, -0.05) is 12.7 Å². The molecule has 0 N–H and O–H groups in total. The Hall–Kier alpha value is -0.560. The molecule has 1 aliphatic rings. The van der Waals surface area contributed by atoms with Gasteiger partial charge in [0.15, 0.2) is 0 Å². The largest absolute Gasteiger partial charge is 0.369 e. The van der Waals surface area contributed by atoms with Crippen molar-refractivity contribution >= 4 is 0 Å². The quantitative estimate of drug-likeness (QED) is 0.505. The Balaban J connectivity index is 2.67. The van der Waals surface area contributed by atoms with Gasteiger partial charge in [-0.05, 0) is 31.4 Å².